The maximum Gasteiger partial charge on any atom is 0.143 e. The molecule has 0 aliphatic carbocycles. The van der Waals surface area contributed by atoms with Crippen LogP contribution in [-0.4, -0.2) is 6.54 Å². The van der Waals surface area contributed by atoms with Crippen LogP contribution in [0.4, 0.5) is 15.8 Å². The van der Waals surface area contributed by atoms with Crippen molar-refractivity contribution in [3.8, 4) is 0 Å². The van der Waals surface area contributed by atoms with Crippen molar-refractivity contribution in [2.24, 2.45) is 0 Å². The summed E-state index contributed by atoms with van der Waals surface area (Å²) in [5, 5.41) is 3.03. The van der Waals surface area contributed by atoms with E-state index in [2.05, 4.69) is 11.9 Å². The summed E-state index contributed by atoms with van der Waals surface area (Å²) >= 11 is 5.55. The number of nitrogens with two attached hydrogens (primary N) is 1. The summed E-state index contributed by atoms with van der Waals surface area (Å²) in [5.74, 6) is -0.470. The molecule has 0 radical (unpaired) electrons. The summed E-state index contributed by atoms with van der Waals surface area (Å²) in [4.78, 5) is 0. The largest absolute Gasteiger partial charge is 0.397 e. The van der Waals surface area contributed by atoms with Crippen LogP contribution in [-0.2, 0) is 0 Å². The summed E-state index contributed by atoms with van der Waals surface area (Å²) in [6, 6.07) is 2.69. The fourth-order valence-corrected chi connectivity index (χ4v) is 1.20. The summed E-state index contributed by atoms with van der Waals surface area (Å²) in [6.07, 6.45) is 2.57. The van der Waals surface area contributed by atoms with Gasteiger partial charge in [0, 0.05) is 12.6 Å². The van der Waals surface area contributed by atoms with Crippen molar-refractivity contribution >= 4 is 23.0 Å². The fourth-order valence-electron chi connectivity index (χ4n) is 1.02. The van der Waals surface area contributed by atoms with E-state index in [4.69, 9.17) is 17.3 Å². The van der Waals surface area contributed by atoms with E-state index < -0.39 is 5.82 Å². The Hall–Kier alpha value is -1.22. The Morgan fingerprint density at radius 3 is 2.93 bits per heavy atom. The molecule has 0 aromatic heterocycles. The Morgan fingerprint density at radius 2 is 2.29 bits per heavy atom. The Morgan fingerprint density at radius 1 is 1.57 bits per heavy atom. The molecule has 0 bridgehead atoms. The number of anilines is 2. The molecule has 0 amide bonds. The van der Waals surface area contributed by atoms with E-state index in [1.165, 1.54) is 12.1 Å². The first-order valence-corrected chi connectivity index (χ1v) is 4.62. The summed E-state index contributed by atoms with van der Waals surface area (Å²) in [6.45, 7) is 4.25. The van der Waals surface area contributed by atoms with Crippen molar-refractivity contribution in [2.45, 2.75) is 6.42 Å². The molecule has 0 aliphatic heterocycles. The second-order valence-corrected chi connectivity index (χ2v) is 3.26. The molecule has 1 aromatic rings. The highest BCUT2D eigenvalue weighted by atomic mass is 35.5. The summed E-state index contributed by atoms with van der Waals surface area (Å²) < 4.78 is 13.0. The highest BCUT2D eigenvalue weighted by molar-refractivity contribution is 6.31. The molecular formula is C10H12ClFN2. The highest BCUT2D eigenvalue weighted by Crippen LogP contribution is 2.25. The minimum atomic E-state index is -0.470. The first-order valence-electron chi connectivity index (χ1n) is 4.24. The van der Waals surface area contributed by atoms with Gasteiger partial charge >= 0.3 is 0 Å². The molecule has 14 heavy (non-hydrogen) atoms. The molecule has 0 aliphatic rings. The van der Waals surface area contributed by atoms with Crippen LogP contribution in [0.15, 0.2) is 24.8 Å². The van der Waals surface area contributed by atoms with Gasteiger partial charge in [-0.05, 0) is 12.5 Å². The van der Waals surface area contributed by atoms with E-state index in [1.807, 2.05) is 0 Å². The molecule has 1 aromatic carbocycles. The van der Waals surface area contributed by atoms with Gasteiger partial charge in [0.1, 0.15) is 5.82 Å². The maximum absolute atomic E-state index is 13.0. The van der Waals surface area contributed by atoms with Gasteiger partial charge in [-0.2, -0.15) is 0 Å². The zero-order valence-electron chi connectivity index (χ0n) is 7.69. The van der Waals surface area contributed by atoms with Crippen molar-refractivity contribution in [1.29, 1.82) is 0 Å². The van der Waals surface area contributed by atoms with Crippen molar-refractivity contribution in [3.05, 3.63) is 35.6 Å². The average Bonchev–Trinajstić information content (AvgIpc) is 2.14. The number of hydrogen-bond acceptors (Lipinski definition) is 2. The van der Waals surface area contributed by atoms with Gasteiger partial charge in [0.05, 0.1) is 16.4 Å². The average molecular weight is 215 g/mol. The van der Waals surface area contributed by atoms with Gasteiger partial charge < -0.3 is 11.1 Å². The SMILES string of the molecule is C=CCCNc1cc(F)c(Cl)cc1N. The highest BCUT2D eigenvalue weighted by Gasteiger charge is 2.04. The topological polar surface area (TPSA) is 38.0 Å². The lowest BCUT2D eigenvalue weighted by molar-refractivity contribution is 0.629. The molecule has 3 N–H and O–H groups in total. The molecule has 4 heteroatoms. The smallest absolute Gasteiger partial charge is 0.143 e. The predicted octanol–water partition coefficient (Wildman–Crippen LogP) is 3.05. The van der Waals surface area contributed by atoms with Crippen LogP contribution < -0.4 is 11.1 Å². The van der Waals surface area contributed by atoms with Crippen LogP contribution in [0.2, 0.25) is 5.02 Å². The van der Waals surface area contributed by atoms with Gasteiger partial charge in [0.2, 0.25) is 0 Å². The Labute approximate surface area is 87.6 Å². The van der Waals surface area contributed by atoms with Crippen molar-refractivity contribution in [3.63, 3.8) is 0 Å². The second kappa shape index (κ2) is 4.86. The molecule has 1 rings (SSSR count). The zero-order valence-corrected chi connectivity index (χ0v) is 8.44. The molecule has 0 fully saturated rings. The monoisotopic (exact) mass is 214 g/mol. The first kappa shape index (κ1) is 10.9. The molecule has 0 spiro atoms. The van der Waals surface area contributed by atoms with E-state index in [9.17, 15) is 4.39 Å². The minimum absolute atomic E-state index is 0.0387. The number of rotatable bonds is 4. The Kier molecular flexibility index (Phi) is 3.77. The molecule has 0 saturated heterocycles. The number of hydrogen-bond donors (Lipinski definition) is 2. The van der Waals surface area contributed by atoms with Gasteiger partial charge in [-0.15, -0.1) is 6.58 Å². The van der Waals surface area contributed by atoms with Crippen LogP contribution in [0.3, 0.4) is 0 Å². The van der Waals surface area contributed by atoms with Gasteiger partial charge in [0.15, 0.2) is 0 Å². The van der Waals surface area contributed by atoms with Crippen LogP contribution in [0.1, 0.15) is 6.42 Å². The lowest BCUT2D eigenvalue weighted by atomic mass is 10.2. The first-order chi connectivity index (χ1) is 6.65. The fraction of sp³-hybridized carbons (Fsp3) is 0.200. The Balaban J connectivity index is 2.76. The molecule has 0 heterocycles. The predicted molar refractivity (Wildman–Crippen MR) is 59.1 cm³/mol. The number of benzene rings is 1. The number of halogens is 2. The van der Waals surface area contributed by atoms with Gasteiger partial charge in [0.25, 0.3) is 0 Å². The quantitative estimate of drug-likeness (QED) is 0.459. The van der Waals surface area contributed by atoms with Crippen LogP contribution in [0.5, 0.6) is 0 Å². The van der Waals surface area contributed by atoms with Gasteiger partial charge in [-0.25, -0.2) is 4.39 Å². The standard InChI is InChI=1S/C10H12ClFN2/c1-2-3-4-14-10-6-8(12)7(11)5-9(10)13/h2,5-6,14H,1,3-4,13H2. The molecule has 2 nitrogen and oxygen atoms in total. The second-order valence-electron chi connectivity index (χ2n) is 2.86. The Bertz CT molecular complexity index is 339. The van der Waals surface area contributed by atoms with Gasteiger partial charge in [-0.1, -0.05) is 17.7 Å². The molecular weight excluding hydrogens is 203 g/mol. The maximum atomic E-state index is 13.0. The van der Waals surface area contributed by atoms with Crippen LogP contribution in [0.25, 0.3) is 0 Å². The lowest BCUT2D eigenvalue weighted by Gasteiger charge is -2.08. The zero-order chi connectivity index (χ0) is 10.6. The minimum Gasteiger partial charge on any atom is -0.397 e. The van der Waals surface area contributed by atoms with Gasteiger partial charge in [-0.3, -0.25) is 0 Å². The molecule has 0 unspecified atom stereocenters. The molecule has 0 atom stereocenters. The lowest BCUT2D eigenvalue weighted by Crippen LogP contribution is -2.03. The molecule has 76 valence electrons. The van der Waals surface area contributed by atoms with E-state index >= 15 is 0 Å². The van der Waals surface area contributed by atoms with E-state index in [0.717, 1.165) is 6.42 Å². The third-order valence-corrected chi connectivity index (χ3v) is 2.05. The normalized spacial score (nSPS) is 9.86. The summed E-state index contributed by atoms with van der Waals surface area (Å²) in [5.41, 5.74) is 6.64. The number of nitrogen functional groups attached to an aromatic ring is 1. The van der Waals surface area contributed by atoms with E-state index in [-0.39, 0.29) is 5.02 Å². The molecule has 0 saturated carbocycles. The third-order valence-electron chi connectivity index (χ3n) is 1.76. The third kappa shape index (κ3) is 2.64. The van der Waals surface area contributed by atoms with E-state index in [1.54, 1.807) is 6.08 Å². The van der Waals surface area contributed by atoms with Crippen LogP contribution >= 0.6 is 11.6 Å². The number of nitrogens with one attached hydrogen (secondary N) is 1. The van der Waals surface area contributed by atoms with E-state index in [0.29, 0.717) is 17.9 Å². The van der Waals surface area contributed by atoms with Crippen LogP contribution in [0, 0.1) is 5.82 Å². The van der Waals surface area contributed by atoms with Crippen molar-refractivity contribution < 1.29 is 4.39 Å². The summed E-state index contributed by atoms with van der Waals surface area (Å²) in [7, 11) is 0. The van der Waals surface area contributed by atoms with Crippen molar-refractivity contribution in [1.82, 2.24) is 0 Å². The van der Waals surface area contributed by atoms with Crippen molar-refractivity contribution in [2.75, 3.05) is 17.6 Å².